The normalized spacial score (nSPS) is 11.0. The summed E-state index contributed by atoms with van der Waals surface area (Å²) in [6, 6.07) is 8.26. The van der Waals surface area contributed by atoms with Crippen molar-refractivity contribution >= 4 is 22.8 Å². The molecule has 0 unspecified atom stereocenters. The molecule has 1 aromatic carbocycles. The van der Waals surface area contributed by atoms with Gasteiger partial charge in [-0.25, -0.2) is 15.0 Å². The zero-order valence-corrected chi connectivity index (χ0v) is 10.6. The van der Waals surface area contributed by atoms with Crippen molar-refractivity contribution in [1.82, 2.24) is 19.5 Å². The molecule has 0 amide bonds. The van der Waals surface area contributed by atoms with Gasteiger partial charge >= 0.3 is 0 Å². The molecule has 0 fully saturated rings. The Morgan fingerprint density at radius 1 is 1.17 bits per heavy atom. The molecule has 3 aromatic rings. The molecule has 2 aromatic heterocycles. The highest BCUT2D eigenvalue weighted by atomic mass is 35.5. The van der Waals surface area contributed by atoms with Crippen LogP contribution in [0, 0.1) is 6.92 Å². The number of hydrogen-bond donors (Lipinski definition) is 0. The number of aryl methyl sites for hydroxylation is 1. The van der Waals surface area contributed by atoms with Crippen molar-refractivity contribution in [1.29, 1.82) is 0 Å². The lowest BCUT2D eigenvalue weighted by molar-refractivity contribution is 0.807. The molecular weight excluding hydrogens is 248 g/mol. The van der Waals surface area contributed by atoms with E-state index in [0.717, 1.165) is 12.2 Å². The number of hydrogen-bond acceptors (Lipinski definition) is 3. The molecule has 0 N–H and O–H groups in total. The minimum atomic E-state index is 0.392. The Bertz CT molecular complexity index is 705. The van der Waals surface area contributed by atoms with E-state index in [1.165, 1.54) is 17.5 Å². The van der Waals surface area contributed by atoms with E-state index in [1.54, 1.807) is 6.33 Å². The van der Waals surface area contributed by atoms with E-state index in [2.05, 4.69) is 34.0 Å². The van der Waals surface area contributed by atoms with E-state index in [4.69, 9.17) is 11.6 Å². The summed E-state index contributed by atoms with van der Waals surface area (Å²) in [7, 11) is 0. The Kier molecular flexibility index (Phi) is 2.72. The van der Waals surface area contributed by atoms with Crippen LogP contribution in [-0.4, -0.2) is 19.5 Å². The second-order valence-electron chi connectivity index (χ2n) is 4.14. The van der Waals surface area contributed by atoms with Crippen LogP contribution >= 0.6 is 11.6 Å². The van der Waals surface area contributed by atoms with Gasteiger partial charge in [0.05, 0.1) is 12.9 Å². The molecule has 0 saturated heterocycles. The predicted molar refractivity (Wildman–Crippen MR) is 70.6 cm³/mol. The van der Waals surface area contributed by atoms with Gasteiger partial charge in [-0.05, 0) is 18.1 Å². The highest BCUT2D eigenvalue weighted by Crippen LogP contribution is 2.18. The van der Waals surface area contributed by atoms with Crippen LogP contribution in [0.15, 0.2) is 36.9 Å². The summed E-state index contributed by atoms with van der Waals surface area (Å²) in [5, 5.41) is 0.392. The van der Waals surface area contributed by atoms with Crippen molar-refractivity contribution in [2.45, 2.75) is 13.5 Å². The third-order valence-electron chi connectivity index (χ3n) is 2.96. The maximum Gasteiger partial charge on any atom is 0.165 e. The molecule has 0 saturated carbocycles. The van der Waals surface area contributed by atoms with Gasteiger partial charge in [0.15, 0.2) is 10.8 Å². The molecule has 3 rings (SSSR count). The molecule has 18 heavy (non-hydrogen) atoms. The van der Waals surface area contributed by atoms with Crippen molar-refractivity contribution in [2.75, 3.05) is 0 Å². The fraction of sp³-hybridized carbons (Fsp3) is 0.154. The van der Waals surface area contributed by atoms with Crippen molar-refractivity contribution in [3.8, 4) is 0 Å². The Labute approximate surface area is 109 Å². The SMILES string of the molecule is Cc1ccccc1Cn1cnc2c(Cl)ncnc21. The quantitative estimate of drug-likeness (QED) is 0.664. The van der Waals surface area contributed by atoms with Crippen LogP contribution in [0.5, 0.6) is 0 Å². The van der Waals surface area contributed by atoms with E-state index in [1.807, 2.05) is 16.7 Å². The fourth-order valence-corrected chi connectivity index (χ4v) is 2.12. The van der Waals surface area contributed by atoms with Gasteiger partial charge in [0, 0.05) is 0 Å². The Morgan fingerprint density at radius 2 is 2.00 bits per heavy atom. The average Bonchev–Trinajstić information content (AvgIpc) is 2.77. The van der Waals surface area contributed by atoms with E-state index in [9.17, 15) is 0 Å². The molecule has 0 spiro atoms. The smallest absolute Gasteiger partial charge is 0.165 e. The summed E-state index contributed by atoms with van der Waals surface area (Å²) < 4.78 is 1.98. The number of halogens is 1. The van der Waals surface area contributed by atoms with Crippen molar-refractivity contribution in [3.63, 3.8) is 0 Å². The fourth-order valence-electron chi connectivity index (χ4n) is 1.94. The zero-order valence-electron chi connectivity index (χ0n) is 9.84. The number of fused-ring (bicyclic) bond motifs is 1. The van der Waals surface area contributed by atoms with Crippen LogP contribution in [0.4, 0.5) is 0 Å². The van der Waals surface area contributed by atoms with Crippen molar-refractivity contribution < 1.29 is 0 Å². The summed E-state index contributed by atoms with van der Waals surface area (Å²) in [4.78, 5) is 12.4. The van der Waals surface area contributed by atoms with Crippen LogP contribution in [0.1, 0.15) is 11.1 Å². The Hall–Kier alpha value is -1.94. The lowest BCUT2D eigenvalue weighted by Crippen LogP contribution is -2.01. The third-order valence-corrected chi connectivity index (χ3v) is 3.24. The van der Waals surface area contributed by atoms with Gasteiger partial charge in [-0.15, -0.1) is 0 Å². The number of aromatic nitrogens is 4. The van der Waals surface area contributed by atoms with Gasteiger partial charge in [-0.1, -0.05) is 35.9 Å². The summed E-state index contributed by atoms with van der Waals surface area (Å²) >= 11 is 5.98. The highest BCUT2D eigenvalue weighted by molar-refractivity contribution is 6.33. The molecule has 0 atom stereocenters. The molecule has 0 aliphatic heterocycles. The molecular formula is C13H11ClN4. The van der Waals surface area contributed by atoms with E-state index >= 15 is 0 Å². The number of benzene rings is 1. The number of rotatable bonds is 2. The maximum atomic E-state index is 5.98. The minimum absolute atomic E-state index is 0.392. The first-order valence-electron chi connectivity index (χ1n) is 5.61. The minimum Gasteiger partial charge on any atom is -0.311 e. The van der Waals surface area contributed by atoms with Gasteiger partial charge in [0.2, 0.25) is 0 Å². The van der Waals surface area contributed by atoms with Gasteiger partial charge in [0.1, 0.15) is 11.8 Å². The van der Waals surface area contributed by atoms with Crippen LogP contribution in [0.25, 0.3) is 11.2 Å². The van der Waals surface area contributed by atoms with Crippen molar-refractivity contribution in [2.24, 2.45) is 0 Å². The molecule has 0 aliphatic rings. The standard InChI is InChI=1S/C13H11ClN4/c1-9-4-2-3-5-10(9)6-18-8-17-11-12(14)15-7-16-13(11)18/h2-5,7-8H,6H2,1H3. The van der Waals surface area contributed by atoms with Gasteiger partial charge in [0.25, 0.3) is 0 Å². The maximum absolute atomic E-state index is 5.98. The van der Waals surface area contributed by atoms with E-state index in [0.29, 0.717) is 10.7 Å². The zero-order chi connectivity index (χ0) is 12.5. The van der Waals surface area contributed by atoms with Crippen LogP contribution in [0.3, 0.4) is 0 Å². The second kappa shape index (κ2) is 4.38. The predicted octanol–water partition coefficient (Wildman–Crippen LogP) is 2.84. The molecule has 0 radical (unpaired) electrons. The molecule has 0 aliphatic carbocycles. The first-order chi connectivity index (χ1) is 8.75. The monoisotopic (exact) mass is 258 g/mol. The van der Waals surface area contributed by atoms with Gasteiger partial charge in [-0.3, -0.25) is 0 Å². The Morgan fingerprint density at radius 3 is 2.83 bits per heavy atom. The third kappa shape index (κ3) is 1.84. The first-order valence-corrected chi connectivity index (χ1v) is 5.99. The first kappa shape index (κ1) is 11.2. The summed E-state index contributed by atoms with van der Waals surface area (Å²) in [5.41, 5.74) is 3.90. The van der Waals surface area contributed by atoms with Crippen LogP contribution < -0.4 is 0 Å². The summed E-state index contributed by atoms with van der Waals surface area (Å²) in [6.07, 6.45) is 3.21. The Balaban J connectivity index is 2.06. The second-order valence-corrected chi connectivity index (χ2v) is 4.49. The van der Waals surface area contributed by atoms with Gasteiger partial charge in [-0.2, -0.15) is 0 Å². The largest absolute Gasteiger partial charge is 0.311 e. The topological polar surface area (TPSA) is 43.6 Å². The van der Waals surface area contributed by atoms with Crippen LogP contribution in [-0.2, 0) is 6.54 Å². The van der Waals surface area contributed by atoms with E-state index < -0.39 is 0 Å². The lowest BCUT2D eigenvalue weighted by Gasteiger charge is -2.06. The molecule has 90 valence electrons. The lowest BCUT2D eigenvalue weighted by atomic mass is 10.1. The highest BCUT2D eigenvalue weighted by Gasteiger charge is 2.09. The average molecular weight is 259 g/mol. The molecule has 0 bridgehead atoms. The van der Waals surface area contributed by atoms with E-state index in [-0.39, 0.29) is 0 Å². The molecule has 5 heteroatoms. The summed E-state index contributed by atoms with van der Waals surface area (Å²) in [5.74, 6) is 0. The van der Waals surface area contributed by atoms with Crippen LogP contribution in [0.2, 0.25) is 5.15 Å². The molecule has 2 heterocycles. The summed E-state index contributed by atoms with van der Waals surface area (Å²) in [6.45, 7) is 2.83. The number of imidazole rings is 1. The number of nitrogens with zero attached hydrogens (tertiary/aromatic N) is 4. The van der Waals surface area contributed by atoms with Gasteiger partial charge < -0.3 is 4.57 Å². The molecule has 4 nitrogen and oxygen atoms in total. The van der Waals surface area contributed by atoms with Crippen molar-refractivity contribution in [3.05, 3.63) is 53.2 Å².